The van der Waals surface area contributed by atoms with Crippen molar-refractivity contribution in [2.24, 2.45) is 0 Å². The molecule has 3 aromatic carbocycles. The first kappa shape index (κ1) is 13.1. The highest BCUT2D eigenvalue weighted by Gasteiger charge is 2.10. The average Bonchev–Trinajstić information content (AvgIpc) is 2.56. The van der Waals surface area contributed by atoms with Gasteiger partial charge in [-0.2, -0.15) is 5.26 Å². The molecule has 1 nitrogen and oxygen atoms in total. The van der Waals surface area contributed by atoms with Gasteiger partial charge in [-0.25, -0.2) is 4.39 Å². The summed E-state index contributed by atoms with van der Waals surface area (Å²) in [7, 11) is 0. The first-order chi connectivity index (χ1) is 10.3. The van der Waals surface area contributed by atoms with E-state index in [1.54, 1.807) is 30.3 Å². The van der Waals surface area contributed by atoms with E-state index in [0.717, 1.165) is 11.1 Å². The Morgan fingerprint density at radius 1 is 0.714 bits per heavy atom. The maximum absolute atomic E-state index is 14.2. The summed E-state index contributed by atoms with van der Waals surface area (Å²) in [5.74, 6) is -0.322. The molecule has 0 bridgehead atoms. The second-order valence-electron chi connectivity index (χ2n) is 4.72. The smallest absolute Gasteiger partial charge is 0.131 e. The van der Waals surface area contributed by atoms with Crippen LogP contribution in [0.4, 0.5) is 4.39 Å². The lowest BCUT2D eigenvalue weighted by molar-refractivity contribution is 0.631. The minimum Gasteiger partial charge on any atom is -0.206 e. The maximum atomic E-state index is 14.2. The highest BCUT2D eigenvalue weighted by atomic mass is 19.1. The van der Waals surface area contributed by atoms with Crippen LogP contribution in [0.1, 0.15) is 5.56 Å². The SMILES string of the molecule is N#Cc1ccccc1-c1cc(-c2ccccc2)ccc1F. The molecule has 3 aromatic rings. The summed E-state index contributed by atoms with van der Waals surface area (Å²) in [6.45, 7) is 0. The molecular formula is C19H12FN. The lowest BCUT2D eigenvalue weighted by atomic mass is 9.96. The Morgan fingerprint density at radius 3 is 2.19 bits per heavy atom. The quantitative estimate of drug-likeness (QED) is 0.642. The van der Waals surface area contributed by atoms with Crippen LogP contribution in [0.5, 0.6) is 0 Å². The summed E-state index contributed by atoms with van der Waals surface area (Å²) in [6, 6.07) is 24.0. The second-order valence-corrected chi connectivity index (χ2v) is 4.72. The van der Waals surface area contributed by atoms with Crippen LogP contribution in [0.15, 0.2) is 72.8 Å². The predicted molar refractivity (Wildman–Crippen MR) is 82.0 cm³/mol. The van der Waals surface area contributed by atoms with Gasteiger partial charge in [-0.1, -0.05) is 54.6 Å². The molecule has 0 aliphatic heterocycles. The average molecular weight is 273 g/mol. The highest BCUT2D eigenvalue weighted by molar-refractivity contribution is 5.76. The van der Waals surface area contributed by atoms with E-state index in [9.17, 15) is 9.65 Å². The van der Waals surface area contributed by atoms with Gasteiger partial charge >= 0.3 is 0 Å². The van der Waals surface area contributed by atoms with E-state index in [0.29, 0.717) is 16.7 Å². The molecule has 0 aliphatic carbocycles. The van der Waals surface area contributed by atoms with E-state index >= 15 is 0 Å². The Labute approximate surface area is 122 Å². The van der Waals surface area contributed by atoms with E-state index in [-0.39, 0.29) is 5.82 Å². The van der Waals surface area contributed by atoms with Gasteiger partial charge in [-0.15, -0.1) is 0 Å². The van der Waals surface area contributed by atoms with Crippen molar-refractivity contribution >= 4 is 0 Å². The number of hydrogen-bond acceptors (Lipinski definition) is 1. The van der Waals surface area contributed by atoms with E-state index < -0.39 is 0 Å². The molecule has 0 amide bonds. The third-order valence-electron chi connectivity index (χ3n) is 3.41. The molecule has 0 atom stereocenters. The Hall–Kier alpha value is -2.92. The molecule has 2 heteroatoms. The van der Waals surface area contributed by atoms with Crippen molar-refractivity contribution in [3.8, 4) is 28.3 Å². The summed E-state index contributed by atoms with van der Waals surface area (Å²) < 4.78 is 14.2. The molecule has 3 rings (SSSR count). The van der Waals surface area contributed by atoms with Gasteiger partial charge in [-0.3, -0.25) is 0 Å². The molecule has 0 unspecified atom stereocenters. The van der Waals surface area contributed by atoms with Crippen LogP contribution in [0.2, 0.25) is 0 Å². The standard InChI is InChI=1S/C19H12FN/c20-19-11-10-15(14-6-2-1-3-7-14)12-18(19)17-9-5-4-8-16(17)13-21/h1-12H. The van der Waals surface area contributed by atoms with Gasteiger partial charge in [0.05, 0.1) is 11.6 Å². The third-order valence-corrected chi connectivity index (χ3v) is 3.41. The van der Waals surface area contributed by atoms with Crippen molar-refractivity contribution in [3.05, 3.63) is 84.2 Å². The Morgan fingerprint density at radius 2 is 1.43 bits per heavy atom. The molecule has 0 saturated carbocycles. The molecule has 0 spiro atoms. The lowest BCUT2D eigenvalue weighted by Crippen LogP contribution is -1.89. The van der Waals surface area contributed by atoms with Gasteiger partial charge in [-0.05, 0) is 29.3 Å². The number of rotatable bonds is 2. The van der Waals surface area contributed by atoms with E-state index in [1.807, 2.05) is 36.4 Å². The van der Waals surface area contributed by atoms with Gasteiger partial charge in [0, 0.05) is 11.1 Å². The van der Waals surface area contributed by atoms with Crippen LogP contribution in [0.25, 0.3) is 22.3 Å². The maximum Gasteiger partial charge on any atom is 0.131 e. The van der Waals surface area contributed by atoms with Gasteiger partial charge < -0.3 is 0 Å². The molecule has 0 aromatic heterocycles. The van der Waals surface area contributed by atoms with Crippen molar-refractivity contribution in [2.45, 2.75) is 0 Å². The van der Waals surface area contributed by atoms with E-state index in [1.165, 1.54) is 6.07 Å². The minimum absolute atomic E-state index is 0.322. The molecular weight excluding hydrogens is 261 g/mol. The third kappa shape index (κ3) is 2.54. The number of hydrogen-bond donors (Lipinski definition) is 0. The van der Waals surface area contributed by atoms with Crippen molar-refractivity contribution in [1.82, 2.24) is 0 Å². The summed E-state index contributed by atoms with van der Waals surface area (Å²) >= 11 is 0. The van der Waals surface area contributed by atoms with E-state index in [2.05, 4.69) is 6.07 Å². The first-order valence-electron chi connectivity index (χ1n) is 6.64. The second kappa shape index (κ2) is 5.60. The van der Waals surface area contributed by atoms with Crippen molar-refractivity contribution in [2.75, 3.05) is 0 Å². The molecule has 21 heavy (non-hydrogen) atoms. The summed E-state index contributed by atoms with van der Waals surface area (Å²) in [5.41, 5.74) is 3.50. The summed E-state index contributed by atoms with van der Waals surface area (Å²) in [4.78, 5) is 0. The Kier molecular flexibility index (Phi) is 3.49. The molecule has 0 N–H and O–H groups in total. The van der Waals surface area contributed by atoms with Gasteiger partial charge in [0.1, 0.15) is 5.82 Å². The zero-order valence-electron chi connectivity index (χ0n) is 11.3. The Bertz CT molecular complexity index is 816. The van der Waals surface area contributed by atoms with Crippen LogP contribution in [0, 0.1) is 17.1 Å². The number of nitrogens with zero attached hydrogens (tertiary/aromatic N) is 1. The minimum atomic E-state index is -0.322. The van der Waals surface area contributed by atoms with Crippen LogP contribution in [-0.4, -0.2) is 0 Å². The zero-order valence-corrected chi connectivity index (χ0v) is 11.3. The van der Waals surface area contributed by atoms with Crippen LogP contribution >= 0.6 is 0 Å². The normalized spacial score (nSPS) is 10.1. The van der Waals surface area contributed by atoms with Crippen molar-refractivity contribution < 1.29 is 4.39 Å². The molecule has 0 aliphatic rings. The van der Waals surface area contributed by atoms with Crippen molar-refractivity contribution in [1.29, 1.82) is 5.26 Å². The fourth-order valence-corrected chi connectivity index (χ4v) is 2.36. The van der Waals surface area contributed by atoms with E-state index in [4.69, 9.17) is 0 Å². The number of halogens is 1. The topological polar surface area (TPSA) is 23.8 Å². The molecule has 0 fully saturated rings. The summed E-state index contributed by atoms with van der Waals surface area (Å²) in [5, 5.41) is 9.18. The van der Waals surface area contributed by atoms with Crippen LogP contribution in [-0.2, 0) is 0 Å². The monoisotopic (exact) mass is 273 g/mol. The first-order valence-corrected chi connectivity index (χ1v) is 6.64. The zero-order chi connectivity index (χ0) is 14.7. The molecule has 0 radical (unpaired) electrons. The van der Waals surface area contributed by atoms with Crippen LogP contribution in [0.3, 0.4) is 0 Å². The lowest BCUT2D eigenvalue weighted by Gasteiger charge is -2.09. The van der Waals surface area contributed by atoms with Crippen LogP contribution < -0.4 is 0 Å². The number of benzene rings is 3. The van der Waals surface area contributed by atoms with Gasteiger partial charge in [0.25, 0.3) is 0 Å². The highest BCUT2D eigenvalue weighted by Crippen LogP contribution is 2.30. The van der Waals surface area contributed by atoms with Crippen molar-refractivity contribution in [3.63, 3.8) is 0 Å². The predicted octanol–water partition coefficient (Wildman–Crippen LogP) is 5.03. The molecule has 0 saturated heterocycles. The van der Waals surface area contributed by atoms with Gasteiger partial charge in [0.2, 0.25) is 0 Å². The fraction of sp³-hybridized carbons (Fsp3) is 0. The Balaban J connectivity index is 2.18. The summed E-state index contributed by atoms with van der Waals surface area (Å²) in [6.07, 6.45) is 0. The largest absolute Gasteiger partial charge is 0.206 e. The molecule has 0 heterocycles. The van der Waals surface area contributed by atoms with Gasteiger partial charge in [0.15, 0.2) is 0 Å². The fourth-order valence-electron chi connectivity index (χ4n) is 2.36. The number of nitriles is 1. The molecule has 100 valence electrons.